The van der Waals surface area contributed by atoms with Gasteiger partial charge in [-0.3, -0.25) is 4.79 Å². The lowest BCUT2D eigenvalue weighted by molar-refractivity contribution is -0.134. The van der Waals surface area contributed by atoms with Crippen LogP contribution in [0.1, 0.15) is 49.7 Å². The SMILES string of the molecule is Cc1cc(Cl)ccc1Oc1ccc(C=C(NC(=O)CCC2CCCC2)C(=O)O)cc1. The van der Waals surface area contributed by atoms with Crippen molar-refractivity contribution in [1.82, 2.24) is 5.32 Å². The van der Waals surface area contributed by atoms with Crippen molar-refractivity contribution in [2.45, 2.75) is 45.4 Å². The minimum Gasteiger partial charge on any atom is -0.477 e. The number of carboxylic acids is 1. The molecule has 1 amide bonds. The van der Waals surface area contributed by atoms with Gasteiger partial charge in [-0.05, 0) is 66.8 Å². The molecular weight excluding hydrogens is 402 g/mol. The van der Waals surface area contributed by atoms with E-state index in [0.717, 1.165) is 12.0 Å². The highest BCUT2D eigenvalue weighted by atomic mass is 35.5. The highest BCUT2D eigenvalue weighted by molar-refractivity contribution is 6.30. The lowest BCUT2D eigenvalue weighted by Crippen LogP contribution is -2.27. The fourth-order valence-electron chi connectivity index (χ4n) is 3.65. The summed E-state index contributed by atoms with van der Waals surface area (Å²) in [6.07, 6.45) is 7.40. The molecule has 1 aliphatic carbocycles. The zero-order valence-corrected chi connectivity index (χ0v) is 17.7. The molecule has 2 aromatic rings. The number of rotatable bonds is 8. The summed E-state index contributed by atoms with van der Waals surface area (Å²) in [6.45, 7) is 1.91. The van der Waals surface area contributed by atoms with Crippen LogP contribution < -0.4 is 10.1 Å². The standard InChI is InChI=1S/C24H26ClNO4/c1-16-14-19(25)9-12-22(16)30-20-10-6-18(7-11-20)15-21(24(28)29)26-23(27)13-8-17-4-2-3-5-17/h6-7,9-12,14-15,17H,2-5,8,13H2,1H3,(H,26,27)(H,28,29). The van der Waals surface area contributed by atoms with Crippen LogP contribution in [-0.2, 0) is 9.59 Å². The summed E-state index contributed by atoms with van der Waals surface area (Å²) in [6, 6.07) is 12.4. The number of hydrogen-bond donors (Lipinski definition) is 2. The average Bonchev–Trinajstić information content (AvgIpc) is 3.23. The second kappa shape index (κ2) is 10.3. The van der Waals surface area contributed by atoms with Gasteiger partial charge in [0.2, 0.25) is 5.91 Å². The number of carbonyl (C=O) groups excluding carboxylic acids is 1. The molecule has 1 aliphatic rings. The number of benzene rings is 2. The maximum Gasteiger partial charge on any atom is 0.352 e. The lowest BCUT2D eigenvalue weighted by Gasteiger charge is -2.10. The number of carbonyl (C=O) groups is 2. The molecule has 0 heterocycles. The fourth-order valence-corrected chi connectivity index (χ4v) is 3.88. The molecule has 0 aromatic heterocycles. The normalized spacial score (nSPS) is 14.5. The van der Waals surface area contributed by atoms with E-state index in [2.05, 4.69) is 5.32 Å². The van der Waals surface area contributed by atoms with Gasteiger partial charge < -0.3 is 15.2 Å². The van der Waals surface area contributed by atoms with Gasteiger partial charge in [0.1, 0.15) is 17.2 Å². The molecule has 1 saturated carbocycles. The molecule has 2 N–H and O–H groups in total. The molecule has 1 fully saturated rings. The Kier molecular flexibility index (Phi) is 7.52. The first-order valence-electron chi connectivity index (χ1n) is 10.2. The minimum absolute atomic E-state index is 0.131. The number of aliphatic carboxylic acids is 1. The molecule has 30 heavy (non-hydrogen) atoms. The highest BCUT2D eigenvalue weighted by Crippen LogP contribution is 2.29. The van der Waals surface area contributed by atoms with Crippen LogP contribution in [0.3, 0.4) is 0 Å². The molecule has 0 unspecified atom stereocenters. The number of amides is 1. The minimum atomic E-state index is -1.17. The smallest absolute Gasteiger partial charge is 0.352 e. The first-order valence-corrected chi connectivity index (χ1v) is 10.6. The molecule has 6 heteroatoms. The number of aryl methyl sites for hydroxylation is 1. The molecule has 0 radical (unpaired) electrons. The Balaban J connectivity index is 1.62. The third-order valence-corrected chi connectivity index (χ3v) is 5.55. The Hall–Kier alpha value is -2.79. The van der Waals surface area contributed by atoms with Crippen molar-refractivity contribution in [3.8, 4) is 11.5 Å². The molecule has 2 aromatic carbocycles. The van der Waals surface area contributed by atoms with Crippen LogP contribution in [0.25, 0.3) is 6.08 Å². The van der Waals surface area contributed by atoms with Gasteiger partial charge in [-0.2, -0.15) is 0 Å². The number of nitrogens with one attached hydrogen (secondary N) is 1. The number of ether oxygens (including phenoxy) is 1. The molecule has 0 saturated heterocycles. The van der Waals surface area contributed by atoms with Crippen molar-refractivity contribution < 1.29 is 19.4 Å². The molecule has 158 valence electrons. The predicted octanol–water partition coefficient (Wildman–Crippen LogP) is 5.95. The van der Waals surface area contributed by atoms with Gasteiger partial charge in [0.25, 0.3) is 0 Å². The first kappa shape index (κ1) is 21.9. The average molecular weight is 428 g/mol. The fraction of sp³-hybridized carbons (Fsp3) is 0.333. The van der Waals surface area contributed by atoms with Gasteiger partial charge in [0.15, 0.2) is 0 Å². The predicted molar refractivity (Wildman–Crippen MR) is 118 cm³/mol. The topological polar surface area (TPSA) is 75.6 Å². The van der Waals surface area contributed by atoms with E-state index in [9.17, 15) is 14.7 Å². The molecule has 3 rings (SSSR count). The van der Waals surface area contributed by atoms with E-state index in [1.165, 1.54) is 31.8 Å². The Morgan fingerprint density at radius 3 is 2.50 bits per heavy atom. The van der Waals surface area contributed by atoms with Crippen molar-refractivity contribution in [3.05, 3.63) is 64.3 Å². The van der Waals surface area contributed by atoms with Crippen LogP contribution >= 0.6 is 11.6 Å². The summed E-state index contributed by atoms with van der Waals surface area (Å²) in [5.74, 6) is 0.485. The van der Waals surface area contributed by atoms with Crippen LogP contribution in [0.5, 0.6) is 11.5 Å². The van der Waals surface area contributed by atoms with Crippen molar-refractivity contribution in [2.24, 2.45) is 5.92 Å². The van der Waals surface area contributed by atoms with E-state index in [1.54, 1.807) is 36.4 Å². The van der Waals surface area contributed by atoms with E-state index in [0.29, 0.717) is 34.4 Å². The Bertz CT molecular complexity index is 931. The molecule has 0 aliphatic heterocycles. The van der Waals surface area contributed by atoms with E-state index in [4.69, 9.17) is 16.3 Å². The molecule has 0 atom stereocenters. The summed E-state index contributed by atoms with van der Waals surface area (Å²) in [4.78, 5) is 23.7. The number of hydrogen-bond acceptors (Lipinski definition) is 3. The van der Waals surface area contributed by atoms with E-state index in [-0.39, 0.29) is 11.6 Å². The van der Waals surface area contributed by atoms with E-state index < -0.39 is 5.97 Å². The summed E-state index contributed by atoms with van der Waals surface area (Å²) in [5.41, 5.74) is 1.44. The monoisotopic (exact) mass is 427 g/mol. The quantitative estimate of drug-likeness (QED) is 0.510. The first-order chi connectivity index (χ1) is 14.4. The molecule has 0 bridgehead atoms. The van der Waals surface area contributed by atoms with Crippen molar-refractivity contribution in [3.63, 3.8) is 0 Å². The van der Waals surface area contributed by atoms with Gasteiger partial charge in [0.05, 0.1) is 0 Å². The summed E-state index contributed by atoms with van der Waals surface area (Å²) in [5, 5.41) is 12.6. The number of carboxylic acid groups (broad SMARTS) is 1. The summed E-state index contributed by atoms with van der Waals surface area (Å²) < 4.78 is 5.85. The maximum atomic E-state index is 12.2. The number of halogens is 1. The second-order valence-electron chi connectivity index (χ2n) is 7.68. The zero-order valence-electron chi connectivity index (χ0n) is 17.0. The summed E-state index contributed by atoms with van der Waals surface area (Å²) in [7, 11) is 0. The van der Waals surface area contributed by atoms with Crippen LogP contribution in [0.15, 0.2) is 48.2 Å². The molecule has 0 spiro atoms. The second-order valence-corrected chi connectivity index (χ2v) is 8.12. The third-order valence-electron chi connectivity index (χ3n) is 5.31. The van der Waals surface area contributed by atoms with Crippen LogP contribution in [0.4, 0.5) is 0 Å². The van der Waals surface area contributed by atoms with Crippen LogP contribution in [0, 0.1) is 12.8 Å². The van der Waals surface area contributed by atoms with Crippen LogP contribution in [-0.4, -0.2) is 17.0 Å². The maximum absolute atomic E-state index is 12.2. The van der Waals surface area contributed by atoms with Gasteiger partial charge in [0, 0.05) is 11.4 Å². The Morgan fingerprint density at radius 2 is 1.87 bits per heavy atom. The summed E-state index contributed by atoms with van der Waals surface area (Å²) >= 11 is 5.96. The zero-order chi connectivity index (χ0) is 21.5. The van der Waals surface area contributed by atoms with E-state index >= 15 is 0 Å². The van der Waals surface area contributed by atoms with Crippen molar-refractivity contribution in [1.29, 1.82) is 0 Å². The Labute approximate surface area is 181 Å². The third kappa shape index (κ3) is 6.36. The highest BCUT2D eigenvalue weighted by Gasteiger charge is 2.17. The molecular formula is C24H26ClNO4. The Morgan fingerprint density at radius 1 is 1.17 bits per heavy atom. The molecule has 5 nitrogen and oxygen atoms in total. The largest absolute Gasteiger partial charge is 0.477 e. The van der Waals surface area contributed by atoms with Crippen molar-refractivity contribution in [2.75, 3.05) is 0 Å². The van der Waals surface area contributed by atoms with Gasteiger partial charge in [-0.1, -0.05) is 49.4 Å². The van der Waals surface area contributed by atoms with E-state index in [1.807, 2.05) is 13.0 Å². The van der Waals surface area contributed by atoms with Crippen molar-refractivity contribution >= 4 is 29.6 Å². The van der Waals surface area contributed by atoms with Gasteiger partial charge >= 0.3 is 5.97 Å². The lowest BCUT2D eigenvalue weighted by atomic mass is 10.0. The van der Waals surface area contributed by atoms with Gasteiger partial charge in [-0.25, -0.2) is 4.79 Å². The van der Waals surface area contributed by atoms with Crippen LogP contribution in [0.2, 0.25) is 5.02 Å². The van der Waals surface area contributed by atoms with Gasteiger partial charge in [-0.15, -0.1) is 0 Å².